The average Bonchev–Trinajstić information content (AvgIpc) is 4.13. The summed E-state index contributed by atoms with van der Waals surface area (Å²) in [6, 6.07) is 75.7. The maximum atomic E-state index is 2.57. The van der Waals surface area contributed by atoms with Gasteiger partial charge in [0.2, 0.25) is 0 Å². The van der Waals surface area contributed by atoms with Crippen molar-refractivity contribution in [1.29, 1.82) is 0 Å². The van der Waals surface area contributed by atoms with Crippen LogP contribution in [0.4, 0.5) is 0 Å². The molecule has 0 radical (unpaired) electrons. The standard InChI is InChI=1S/C68H64/c1-67(2)63-55-35-27-51(28-36-55)47-19-11-43(12-20-47)45-15-23-49(24-16-45)53-31-39-57(40-32-53)65-61-9-6-10-62(61)66(68(65,3)4)58-41-33-54(34-42-58)50-25-17-46(18-26-50)44-13-21-48(22-14-44)52-29-37-56(38-30-52)64(67)60-8-5-7-59(60)63/h11-42,59-66H,5-10H2,1-4H3. The highest BCUT2D eigenvalue weighted by atomic mass is 14.6. The molecular formula is C68H64. The van der Waals surface area contributed by atoms with E-state index in [4.69, 9.17) is 0 Å². The lowest BCUT2D eigenvalue weighted by Gasteiger charge is -2.36. The molecule has 0 nitrogen and oxygen atoms in total. The highest BCUT2D eigenvalue weighted by Crippen LogP contribution is 2.68. The van der Waals surface area contributed by atoms with Crippen LogP contribution in [0.15, 0.2) is 194 Å². The predicted molar refractivity (Wildman–Crippen MR) is 286 cm³/mol. The minimum atomic E-state index is 0.157. The SMILES string of the molecule is CC1(C)C2c3ccc(cc3)-c3ccc(cc3)-c3ccc(cc3)-c3ccc(cc3)C3C4CCCC4C(c4ccc(cc4)-c4ccc(cc4)-c4ccc(cc4)-c4ccc(cc4)C1C1CCCC12)C3(C)C. The van der Waals surface area contributed by atoms with Gasteiger partial charge < -0.3 is 0 Å². The zero-order valence-electron chi connectivity index (χ0n) is 40.3. The Morgan fingerprint density at radius 1 is 0.221 bits per heavy atom. The molecule has 0 saturated heterocycles. The van der Waals surface area contributed by atoms with E-state index in [9.17, 15) is 0 Å². The molecule has 17 aliphatic rings. The normalized spacial score (nSPS) is 25.8. The third kappa shape index (κ3) is 6.83. The molecule has 8 atom stereocenters. The van der Waals surface area contributed by atoms with E-state index in [0.29, 0.717) is 23.7 Å². The first kappa shape index (κ1) is 41.9. The zero-order valence-corrected chi connectivity index (χ0v) is 40.3. The molecule has 0 aliphatic heterocycles. The molecule has 0 heteroatoms. The van der Waals surface area contributed by atoms with E-state index in [-0.39, 0.29) is 10.8 Å². The fourth-order valence-corrected chi connectivity index (χ4v) is 15.9. The summed E-state index contributed by atoms with van der Waals surface area (Å²) in [5, 5.41) is 0. The summed E-state index contributed by atoms with van der Waals surface area (Å²) in [6.45, 7) is 10.3. The number of benzene rings is 8. The topological polar surface area (TPSA) is 0 Å². The molecule has 8 aromatic carbocycles. The van der Waals surface area contributed by atoms with Crippen LogP contribution in [0.5, 0.6) is 0 Å². The third-order valence-corrected chi connectivity index (χ3v) is 18.8. The van der Waals surface area contributed by atoms with Gasteiger partial charge in [-0.15, -0.1) is 0 Å². The van der Waals surface area contributed by atoms with Crippen LogP contribution >= 0.6 is 0 Å². The largest absolute Gasteiger partial charge is 0.0587 e. The Morgan fingerprint density at radius 3 is 0.500 bits per heavy atom. The maximum absolute atomic E-state index is 2.57. The van der Waals surface area contributed by atoms with Gasteiger partial charge >= 0.3 is 0 Å². The Hall–Kier alpha value is -6.24. The highest BCUT2D eigenvalue weighted by Gasteiger charge is 2.58. The Morgan fingerprint density at radius 2 is 0.353 bits per heavy atom. The van der Waals surface area contributed by atoms with Crippen LogP contribution in [0.1, 0.15) is 112 Å². The van der Waals surface area contributed by atoms with Crippen LogP contribution in [-0.2, 0) is 0 Å². The van der Waals surface area contributed by atoms with Crippen LogP contribution in [0.3, 0.4) is 0 Å². The van der Waals surface area contributed by atoms with Crippen molar-refractivity contribution in [2.24, 2.45) is 34.5 Å². The minimum absolute atomic E-state index is 0.157. The van der Waals surface area contributed by atoms with Gasteiger partial charge in [0.05, 0.1) is 0 Å². The van der Waals surface area contributed by atoms with Gasteiger partial charge in [0.25, 0.3) is 0 Å². The Bertz CT molecular complexity index is 2650. The van der Waals surface area contributed by atoms with E-state index in [1.54, 1.807) is 0 Å². The molecule has 8 aromatic rings. The second-order valence-electron chi connectivity index (χ2n) is 22.9. The van der Waals surface area contributed by atoms with E-state index in [1.165, 1.54) is 128 Å². The zero-order chi connectivity index (χ0) is 45.7. The summed E-state index contributed by atoms with van der Waals surface area (Å²) in [7, 11) is 0. The van der Waals surface area contributed by atoms with Crippen molar-refractivity contribution >= 4 is 0 Å². The summed E-state index contributed by atoms with van der Waals surface area (Å²) in [4.78, 5) is 0. The van der Waals surface area contributed by atoms with E-state index < -0.39 is 0 Å². The van der Waals surface area contributed by atoms with Gasteiger partial charge in [-0.05, 0) is 173 Å². The Labute approximate surface area is 405 Å². The number of rotatable bonds is 0. The van der Waals surface area contributed by atoms with Crippen LogP contribution in [-0.4, -0.2) is 0 Å². The van der Waals surface area contributed by atoms with Gasteiger partial charge in [0.15, 0.2) is 0 Å². The summed E-state index contributed by atoms with van der Waals surface area (Å²) >= 11 is 0. The lowest BCUT2D eigenvalue weighted by molar-refractivity contribution is 0.258. The Kier molecular flexibility index (Phi) is 9.98. The first-order valence-electron chi connectivity index (χ1n) is 26.0. The molecule has 25 rings (SSSR count). The van der Waals surface area contributed by atoms with E-state index >= 15 is 0 Å². The molecule has 68 heavy (non-hydrogen) atoms. The van der Waals surface area contributed by atoms with Crippen molar-refractivity contribution in [2.45, 2.75) is 89.9 Å². The molecule has 0 heterocycles. The molecule has 0 aromatic heterocycles. The van der Waals surface area contributed by atoms with Gasteiger partial charge in [0.1, 0.15) is 0 Å². The predicted octanol–water partition coefficient (Wildman–Crippen LogP) is 18.6. The van der Waals surface area contributed by atoms with Gasteiger partial charge in [0, 0.05) is 0 Å². The van der Waals surface area contributed by atoms with Crippen molar-refractivity contribution in [3.8, 4) is 66.8 Å². The molecule has 20 bridgehead atoms. The molecule has 4 saturated carbocycles. The summed E-state index contributed by atoms with van der Waals surface area (Å²) in [5.74, 6) is 5.10. The molecule has 0 N–H and O–H groups in total. The lowest BCUT2D eigenvalue weighted by atomic mass is 9.68. The fraction of sp³-hybridized carbons (Fsp3) is 0.294. The van der Waals surface area contributed by atoms with Crippen LogP contribution in [0, 0.1) is 34.5 Å². The fourth-order valence-electron chi connectivity index (χ4n) is 15.9. The second kappa shape index (κ2) is 16.2. The molecule has 4 fully saturated rings. The third-order valence-electron chi connectivity index (χ3n) is 18.8. The van der Waals surface area contributed by atoms with Gasteiger partial charge in [-0.3, -0.25) is 0 Å². The van der Waals surface area contributed by atoms with Crippen molar-refractivity contribution in [2.75, 3.05) is 0 Å². The lowest BCUT2D eigenvalue weighted by Crippen LogP contribution is -2.25. The highest BCUT2D eigenvalue weighted by molar-refractivity contribution is 5.75. The number of fused-ring (bicyclic) bond motifs is 2. The quantitative estimate of drug-likeness (QED) is 0.142. The smallest absolute Gasteiger partial charge is 0.00735 e. The maximum Gasteiger partial charge on any atom is -0.00735 e. The van der Waals surface area contributed by atoms with Crippen molar-refractivity contribution in [1.82, 2.24) is 0 Å². The Balaban J connectivity index is 0.849. The molecule has 336 valence electrons. The van der Waals surface area contributed by atoms with E-state index in [1.807, 2.05) is 0 Å². The van der Waals surface area contributed by atoms with Crippen LogP contribution in [0.2, 0.25) is 0 Å². The molecule has 0 spiro atoms. The minimum Gasteiger partial charge on any atom is -0.0587 e. The summed E-state index contributed by atoms with van der Waals surface area (Å²) in [5.41, 5.74) is 21.7. The van der Waals surface area contributed by atoms with Gasteiger partial charge in [-0.2, -0.15) is 0 Å². The second-order valence-corrected chi connectivity index (χ2v) is 22.9. The molecule has 8 unspecified atom stereocenters. The van der Waals surface area contributed by atoms with Crippen molar-refractivity contribution in [3.63, 3.8) is 0 Å². The van der Waals surface area contributed by atoms with Crippen LogP contribution in [0.25, 0.3) is 66.8 Å². The van der Waals surface area contributed by atoms with E-state index in [0.717, 1.165) is 23.7 Å². The first-order valence-corrected chi connectivity index (χ1v) is 26.0. The van der Waals surface area contributed by atoms with Crippen molar-refractivity contribution < 1.29 is 0 Å². The molecule has 17 aliphatic carbocycles. The first-order chi connectivity index (χ1) is 33.2. The summed E-state index contributed by atoms with van der Waals surface area (Å²) < 4.78 is 0. The number of hydrogen-bond acceptors (Lipinski definition) is 0. The summed E-state index contributed by atoms with van der Waals surface area (Å²) in [6.07, 6.45) is 8.05. The van der Waals surface area contributed by atoms with Crippen LogP contribution < -0.4 is 0 Å². The average molecular weight is 881 g/mol. The van der Waals surface area contributed by atoms with Crippen molar-refractivity contribution in [3.05, 3.63) is 216 Å². The molecular weight excluding hydrogens is 817 g/mol. The van der Waals surface area contributed by atoms with Gasteiger partial charge in [-0.1, -0.05) is 235 Å². The number of hydrogen-bond donors (Lipinski definition) is 0. The molecule has 0 amide bonds. The van der Waals surface area contributed by atoms with E-state index in [2.05, 4.69) is 222 Å². The monoisotopic (exact) mass is 881 g/mol. The van der Waals surface area contributed by atoms with Gasteiger partial charge in [-0.25, -0.2) is 0 Å².